The maximum absolute atomic E-state index is 14.2. The SMILES string of the molecule is CCOC(=O)C1=C(C)N=c2s/c(=C\c3cc(Cl)c(OCc4ccccc4Cl)c(Br)c3)c(=O)n2[C@@H]1c1ccc(OCC(=O)OC)c(OCC)c1. The Hall–Kier alpha value is -4.10. The molecular formula is C35H31BrCl2N2O8S. The van der Waals surface area contributed by atoms with Gasteiger partial charge in [0.2, 0.25) is 0 Å². The Labute approximate surface area is 304 Å². The minimum absolute atomic E-state index is 0.130. The monoisotopic (exact) mass is 788 g/mol. The van der Waals surface area contributed by atoms with Gasteiger partial charge in [0.25, 0.3) is 5.56 Å². The van der Waals surface area contributed by atoms with Crippen LogP contribution in [0.15, 0.2) is 80.1 Å². The number of allylic oxidation sites excluding steroid dienone is 1. The van der Waals surface area contributed by atoms with E-state index >= 15 is 0 Å². The van der Waals surface area contributed by atoms with Crippen molar-refractivity contribution in [1.82, 2.24) is 4.57 Å². The zero-order valence-electron chi connectivity index (χ0n) is 26.9. The molecule has 2 heterocycles. The Kier molecular flexibility index (Phi) is 11.9. The molecule has 1 atom stereocenters. The zero-order valence-corrected chi connectivity index (χ0v) is 30.8. The fourth-order valence-electron chi connectivity index (χ4n) is 5.10. The predicted molar refractivity (Wildman–Crippen MR) is 190 cm³/mol. The fraction of sp³-hybridized carbons (Fsp3) is 0.257. The van der Waals surface area contributed by atoms with Crippen LogP contribution in [0.1, 0.15) is 43.5 Å². The topological polar surface area (TPSA) is 115 Å². The van der Waals surface area contributed by atoms with Crippen LogP contribution in [0.3, 0.4) is 0 Å². The van der Waals surface area contributed by atoms with Crippen molar-refractivity contribution < 1.29 is 33.3 Å². The van der Waals surface area contributed by atoms with E-state index in [2.05, 4.69) is 25.7 Å². The van der Waals surface area contributed by atoms with Gasteiger partial charge < -0.3 is 23.7 Å². The lowest BCUT2D eigenvalue weighted by Gasteiger charge is -2.25. The van der Waals surface area contributed by atoms with Gasteiger partial charge in [-0.15, -0.1) is 0 Å². The number of hydrogen-bond acceptors (Lipinski definition) is 10. The molecule has 0 unspecified atom stereocenters. The third-order valence-corrected chi connectivity index (χ3v) is 9.54. The minimum atomic E-state index is -0.901. The van der Waals surface area contributed by atoms with Crippen LogP contribution in [-0.4, -0.2) is 43.4 Å². The molecule has 0 amide bonds. The summed E-state index contributed by atoms with van der Waals surface area (Å²) in [5, 5.41) is 0.912. The van der Waals surface area contributed by atoms with E-state index in [0.717, 1.165) is 5.56 Å². The number of ether oxygens (including phenoxy) is 5. The molecule has 5 rings (SSSR count). The second-order valence-electron chi connectivity index (χ2n) is 10.5. The molecule has 10 nitrogen and oxygen atoms in total. The van der Waals surface area contributed by atoms with Crippen LogP contribution in [-0.2, 0) is 25.7 Å². The molecule has 14 heteroatoms. The Morgan fingerprint density at radius 2 is 1.78 bits per heavy atom. The number of halogens is 3. The largest absolute Gasteiger partial charge is 0.490 e. The van der Waals surface area contributed by atoms with Gasteiger partial charge in [-0.25, -0.2) is 14.6 Å². The lowest BCUT2D eigenvalue weighted by Crippen LogP contribution is -2.40. The van der Waals surface area contributed by atoms with Crippen molar-refractivity contribution in [3.8, 4) is 17.2 Å². The molecule has 3 aromatic carbocycles. The highest BCUT2D eigenvalue weighted by atomic mass is 79.9. The number of rotatable bonds is 12. The van der Waals surface area contributed by atoms with Crippen LogP contribution in [0.5, 0.6) is 17.2 Å². The van der Waals surface area contributed by atoms with Crippen molar-refractivity contribution in [2.75, 3.05) is 26.9 Å². The average Bonchev–Trinajstić information content (AvgIpc) is 3.37. The normalized spacial score (nSPS) is 14.2. The van der Waals surface area contributed by atoms with Crippen molar-refractivity contribution >= 4 is 68.5 Å². The Morgan fingerprint density at radius 1 is 1.00 bits per heavy atom. The van der Waals surface area contributed by atoms with Crippen molar-refractivity contribution in [2.45, 2.75) is 33.4 Å². The van der Waals surface area contributed by atoms with Crippen LogP contribution >= 0.6 is 50.5 Å². The first-order valence-electron chi connectivity index (χ1n) is 15.1. The molecule has 0 saturated heterocycles. The lowest BCUT2D eigenvalue weighted by molar-refractivity contribution is -0.143. The van der Waals surface area contributed by atoms with Crippen LogP contribution < -0.4 is 29.1 Å². The first-order valence-corrected chi connectivity index (χ1v) is 17.4. The summed E-state index contributed by atoms with van der Waals surface area (Å²) in [6.45, 7) is 5.51. The van der Waals surface area contributed by atoms with Crippen LogP contribution in [0, 0.1) is 0 Å². The van der Waals surface area contributed by atoms with Gasteiger partial charge in [0.1, 0.15) is 6.61 Å². The van der Waals surface area contributed by atoms with E-state index < -0.39 is 18.0 Å². The number of methoxy groups -OCH3 is 1. The van der Waals surface area contributed by atoms with Crippen LogP contribution in [0.2, 0.25) is 10.0 Å². The molecule has 0 fully saturated rings. The summed E-state index contributed by atoms with van der Waals surface area (Å²) in [5.74, 6) is -0.118. The predicted octanol–water partition coefficient (Wildman–Crippen LogP) is 6.40. The number of carbonyl (C=O) groups is 2. The highest BCUT2D eigenvalue weighted by Crippen LogP contribution is 2.37. The molecule has 0 N–H and O–H groups in total. The van der Waals surface area contributed by atoms with E-state index in [4.69, 9.17) is 42.1 Å². The average molecular weight is 791 g/mol. The van der Waals surface area contributed by atoms with Gasteiger partial charge in [-0.05, 0) is 84.2 Å². The number of hydrogen-bond donors (Lipinski definition) is 0. The first kappa shape index (κ1) is 36.2. The van der Waals surface area contributed by atoms with E-state index in [-0.39, 0.29) is 31.0 Å². The van der Waals surface area contributed by atoms with Crippen molar-refractivity contribution in [3.63, 3.8) is 0 Å². The summed E-state index contributed by atoms with van der Waals surface area (Å²) < 4.78 is 29.9. The number of thiazole rings is 1. The van der Waals surface area contributed by atoms with E-state index in [9.17, 15) is 14.4 Å². The number of aromatic nitrogens is 1. The van der Waals surface area contributed by atoms with Crippen LogP contribution in [0.25, 0.3) is 6.08 Å². The summed E-state index contributed by atoms with van der Waals surface area (Å²) in [6.07, 6.45) is 1.70. The highest BCUT2D eigenvalue weighted by Gasteiger charge is 2.34. The second-order valence-corrected chi connectivity index (χ2v) is 13.2. The molecule has 1 aliphatic rings. The first-order chi connectivity index (χ1) is 23.6. The molecule has 49 heavy (non-hydrogen) atoms. The van der Waals surface area contributed by atoms with Gasteiger partial charge in [-0.3, -0.25) is 9.36 Å². The molecule has 1 aliphatic heterocycles. The van der Waals surface area contributed by atoms with Gasteiger partial charge in [-0.1, -0.05) is 58.8 Å². The number of benzene rings is 3. The van der Waals surface area contributed by atoms with E-state index in [1.807, 2.05) is 18.2 Å². The summed E-state index contributed by atoms with van der Waals surface area (Å²) in [6, 6.07) is 14.9. The highest BCUT2D eigenvalue weighted by molar-refractivity contribution is 9.10. The van der Waals surface area contributed by atoms with E-state index in [0.29, 0.717) is 64.5 Å². The number of esters is 2. The van der Waals surface area contributed by atoms with E-state index in [1.54, 1.807) is 63.2 Å². The van der Waals surface area contributed by atoms with Gasteiger partial charge in [0.05, 0.1) is 51.7 Å². The summed E-state index contributed by atoms with van der Waals surface area (Å²) in [7, 11) is 1.26. The maximum atomic E-state index is 14.2. The smallest absolute Gasteiger partial charge is 0.343 e. The molecule has 0 saturated carbocycles. The quantitative estimate of drug-likeness (QED) is 0.152. The van der Waals surface area contributed by atoms with Gasteiger partial charge in [0.15, 0.2) is 28.7 Å². The van der Waals surface area contributed by atoms with E-state index in [1.165, 1.54) is 23.0 Å². The molecule has 4 aromatic rings. The second kappa shape index (κ2) is 16.1. The zero-order chi connectivity index (χ0) is 35.2. The molecule has 0 aliphatic carbocycles. The Morgan fingerprint density at radius 3 is 2.47 bits per heavy atom. The molecule has 0 bridgehead atoms. The molecule has 256 valence electrons. The number of carbonyl (C=O) groups excluding carboxylic acids is 2. The molecular weight excluding hydrogens is 759 g/mol. The Bertz CT molecular complexity index is 2110. The lowest BCUT2D eigenvalue weighted by atomic mass is 9.95. The number of nitrogens with zero attached hydrogens (tertiary/aromatic N) is 2. The Balaban J connectivity index is 1.57. The van der Waals surface area contributed by atoms with Crippen molar-refractivity contribution in [3.05, 3.63) is 117 Å². The summed E-state index contributed by atoms with van der Waals surface area (Å²) >= 11 is 17.6. The van der Waals surface area contributed by atoms with Gasteiger partial charge in [-0.2, -0.15) is 0 Å². The van der Waals surface area contributed by atoms with Gasteiger partial charge >= 0.3 is 11.9 Å². The minimum Gasteiger partial charge on any atom is -0.490 e. The summed E-state index contributed by atoms with van der Waals surface area (Å²) in [5.41, 5.74) is 2.23. The molecule has 0 radical (unpaired) electrons. The number of fused-ring (bicyclic) bond motifs is 1. The maximum Gasteiger partial charge on any atom is 0.343 e. The van der Waals surface area contributed by atoms with Crippen molar-refractivity contribution in [2.24, 2.45) is 4.99 Å². The van der Waals surface area contributed by atoms with Crippen molar-refractivity contribution in [1.29, 1.82) is 0 Å². The summed E-state index contributed by atoms with van der Waals surface area (Å²) in [4.78, 5) is 44.3. The third-order valence-electron chi connectivity index (χ3n) is 7.32. The molecule has 1 aromatic heterocycles. The third kappa shape index (κ3) is 8.04. The molecule has 0 spiro atoms. The van der Waals surface area contributed by atoms with Crippen LogP contribution in [0.4, 0.5) is 0 Å². The fourth-order valence-corrected chi connectivity index (χ4v) is 7.33. The standard InChI is InChI=1S/C35H31BrCl2N2O8S/c1-5-45-27-16-21(11-12-26(27)47-18-29(41)44-4)31-30(34(43)46-6-2)19(3)39-35-40(31)33(42)28(49-35)15-20-13-23(36)32(25(38)14-20)48-17-22-9-7-8-10-24(22)37/h7-16,31H,5-6,17-18H2,1-4H3/b28-15-/t31-/m1/s1. The van der Waals surface area contributed by atoms with Gasteiger partial charge in [0, 0.05) is 10.6 Å².